The molecule has 2 aromatic heterocycles. The van der Waals surface area contributed by atoms with Crippen molar-refractivity contribution in [2.75, 3.05) is 6.61 Å². The standard InChI is InChI=1S/C10H15N4O14P3.Na/c15-6-4(1-25-30(21,22)28-31(23,24)27-29(18,19)20)26-10(7(6)16)14-3-13-5-8(14)11-2-12-9(5)17;/h2-4,6-7,10,15-16H,1H2,(H,21,22)(H,23,24)(H,11,12,17)(H2,18,19,20);/q;+1/p-2/t4-,6-,7-,10-;/m1./s1. The molecule has 2 aromatic rings. The summed E-state index contributed by atoms with van der Waals surface area (Å²) in [6.07, 6.45) is -4.18. The van der Waals surface area contributed by atoms with Crippen molar-refractivity contribution in [1.29, 1.82) is 0 Å². The van der Waals surface area contributed by atoms with Crippen LogP contribution >= 0.6 is 23.5 Å². The fourth-order valence-electron chi connectivity index (χ4n) is 2.60. The molecule has 1 fully saturated rings. The van der Waals surface area contributed by atoms with Crippen LogP contribution in [0.3, 0.4) is 0 Å². The van der Waals surface area contributed by atoms with Crippen LogP contribution in [0, 0.1) is 0 Å². The summed E-state index contributed by atoms with van der Waals surface area (Å²) < 4.78 is 50.8. The van der Waals surface area contributed by atoms with Crippen LogP contribution < -0.4 is 44.9 Å². The van der Waals surface area contributed by atoms with E-state index in [2.05, 4.69) is 28.1 Å². The van der Waals surface area contributed by atoms with Gasteiger partial charge in [-0.15, -0.1) is 0 Å². The van der Waals surface area contributed by atoms with Crippen LogP contribution in [-0.2, 0) is 31.6 Å². The van der Waals surface area contributed by atoms with E-state index >= 15 is 0 Å². The van der Waals surface area contributed by atoms with Gasteiger partial charge in [0.15, 0.2) is 17.4 Å². The summed E-state index contributed by atoms with van der Waals surface area (Å²) in [5.41, 5.74) is -0.718. The molecular formula is C10H13N4NaO14P3-. The normalized spacial score (nSPS) is 29.1. The Hall–Kier alpha value is -0.360. The number of aliphatic hydroxyl groups is 2. The zero-order valence-electron chi connectivity index (χ0n) is 15.7. The summed E-state index contributed by atoms with van der Waals surface area (Å²) in [5, 5.41) is 20.3. The quantitative estimate of drug-likeness (QED) is 0.157. The number of H-pyrrole nitrogens is 1. The minimum absolute atomic E-state index is 0. The van der Waals surface area contributed by atoms with Gasteiger partial charge in [0.1, 0.15) is 18.3 Å². The molecule has 1 saturated heterocycles. The maximum atomic E-state index is 11.7. The van der Waals surface area contributed by atoms with Gasteiger partial charge >= 0.3 is 37.4 Å². The Morgan fingerprint density at radius 2 is 1.81 bits per heavy atom. The van der Waals surface area contributed by atoms with Gasteiger partial charge in [0.05, 0.1) is 19.3 Å². The Bertz CT molecular complexity index is 1170. The molecule has 3 unspecified atom stereocenters. The van der Waals surface area contributed by atoms with Crippen molar-refractivity contribution in [1.82, 2.24) is 19.5 Å². The average Bonchev–Trinajstić information content (AvgIpc) is 3.13. The van der Waals surface area contributed by atoms with Crippen molar-refractivity contribution >= 4 is 34.6 Å². The molecule has 22 heteroatoms. The fraction of sp³-hybridized carbons (Fsp3) is 0.500. The zero-order chi connectivity index (χ0) is 23.2. The molecular weight excluding hydrogens is 516 g/mol. The van der Waals surface area contributed by atoms with Crippen LogP contribution in [0.25, 0.3) is 11.2 Å². The molecule has 3 heterocycles. The van der Waals surface area contributed by atoms with Crippen LogP contribution in [0.5, 0.6) is 0 Å². The number of ether oxygens (including phenoxy) is 1. The summed E-state index contributed by atoms with van der Waals surface area (Å²) in [7, 11) is -17.4. The molecule has 0 amide bonds. The van der Waals surface area contributed by atoms with E-state index in [4.69, 9.17) is 9.63 Å². The smallest absolute Gasteiger partial charge is 0.756 e. The van der Waals surface area contributed by atoms with Crippen molar-refractivity contribution < 1.29 is 90.9 Å². The van der Waals surface area contributed by atoms with Crippen LogP contribution in [0.2, 0.25) is 0 Å². The Balaban J connectivity index is 0.00000363. The Labute approximate surface area is 198 Å². The van der Waals surface area contributed by atoms with E-state index in [9.17, 15) is 43.4 Å². The van der Waals surface area contributed by atoms with Crippen molar-refractivity contribution in [3.05, 3.63) is 23.0 Å². The number of rotatable bonds is 8. The van der Waals surface area contributed by atoms with Gasteiger partial charge in [-0.2, -0.15) is 0 Å². The molecule has 1 aliphatic rings. The third-order valence-corrected chi connectivity index (χ3v) is 7.51. The first-order valence-corrected chi connectivity index (χ1v) is 12.3. The molecule has 0 spiro atoms. The fourth-order valence-corrected chi connectivity index (χ4v) is 5.54. The van der Waals surface area contributed by atoms with Gasteiger partial charge in [-0.25, -0.2) is 23.2 Å². The van der Waals surface area contributed by atoms with E-state index in [0.29, 0.717) is 0 Å². The molecule has 0 aliphatic carbocycles. The summed E-state index contributed by atoms with van der Waals surface area (Å²) in [6, 6.07) is 0. The Morgan fingerprint density at radius 1 is 1.16 bits per heavy atom. The van der Waals surface area contributed by atoms with Gasteiger partial charge in [-0.05, 0) is 0 Å². The maximum absolute atomic E-state index is 11.7. The number of imidazole rings is 1. The van der Waals surface area contributed by atoms with Crippen LogP contribution in [0.1, 0.15) is 6.23 Å². The number of hydrogen-bond donors (Lipinski definition) is 5. The summed E-state index contributed by atoms with van der Waals surface area (Å²) in [4.78, 5) is 61.0. The van der Waals surface area contributed by atoms with Gasteiger partial charge in [-0.1, -0.05) is 0 Å². The first-order valence-electron chi connectivity index (χ1n) is 7.86. The van der Waals surface area contributed by atoms with Gasteiger partial charge in [0.25, 0.3) is 21.2 Å². The third-order valence-electron chi connectivity index (χ3n) is 3.78. The SMILES string of the molecule is O=c1[nH]cnc2c1ncn2[C@@H]1O[C@H](COP(=O)(O)OP(=O)([O-])OP(=O)([O-])O)[C@@H](O)[C@H]1O.[Na+]. The first-order chi connectivity index (χ1) is 14.2. The number of phosphoric ester groups is 1. The molecule has 7 atom stereocenters. The van der Waals surface area contributed by atoms with Crippen LogP contribution in [-0.4, -0.2) is 64.4 Å². The molecule has 0 bridgehead atoms. The molecule has 0 aromatic carbocycles. The molecule has 0 saturated carbocycles. The second-order valence-corrected chi connectivity index (χ2v) is 10.3. The van der Waals surface area contributed by atoms with Crippen molar-refractivity contribution in [2.45, 2.75) is 24.5 Å². The molecule has 174 valence electrons. The van der Waals surface area contributed by atoms with Gasteiger partial charge in [-0.3, -0.25) is 23.0 Å². The molecule has 5 N–H and O–H groups in total. The Kier molecular flexibility index (Phi) is 8.80. The summed E-state index contributed by atoms with van der Waals surface area (Å²) in [5.74, 6) is 0. The van der Waals surface area contributed by atoms with Gasteiger partial charge < -0.3 is 39.5 Å². The summed E-state index contributed by atoms with van der Waals surface area (Å²) >= 11 is 0. The third kappa shape index (κ3) is 6.61. The van der Waals surface area contributed by atoms with Crippen molar-refractivity contribution in [3.8, 4) is 0 Å². The van der Waals surface area contributed by atoms with Crippen molar-refractivity contribution in [2.24, 2.45) is 0 Å². The number of phosphoric acid groups is 3. The summed E-state index contributed by atoms with van der Waals surface area (Å²) in [6.45, 7) is -1.03. The van der Waals surface area contributed by atoms with E-state index in [1.54, 1.807) is 0 Å². The first kappa shape index (κ1) is 27.9. The second kappa shape index (κ2) is 10.1. The van der Waals surface area contributed by atoms with Gasteiger partial charge in [0, 0.05) is 0 Å². The predicted octanol–water partition coefficient (Wildman–Crippen LogP) is -6.18. The van der Waals surface area contributed by atoms with E-state index < -0.39 is 60.2 Å². The van der Waals surface area contributed by atoms with Crippen LogP contribution in [0.4, 0.5) is 0 Å². The monoisotopic (exact) mass is 529 g/mol. The average molecular weight is 529 g/mol. The number of aliphatic hydroxyl groups excluding tert-OH is 2. The zero-order valence-corrected chi connectivity index (χ0v) is 20.4. The minimum atomic E-state index is -6.03. The molecule has 1 aliphatic heterocycles. The van der Waals surface area contributed by atoms with E-state index in [-0.39, 0.29) is 40.7 Å². The predicted molar refractivity (Wildman–Crippen MR) is 89.5 cm³/mol. The molecule has 18 nitrogen and oxygen atoms in total. The van der Waals surface area contributed by atoms with E-state index in [1.165, 1.54) is 0 Å². The minimum Gasteiger partial charge on any atom is -0.756 e. The topological polar surface area (TPSA) is 279 Å². The number of aromatic nitrogens is 4. The number of nitrogens with one attached hydrogen (secondary N) is 1. The van der Waals surface area contributed by atoms with Crippen LogP contribution in [0.15, 0.2) is 17.4 Å². The Morgan fingerprint density at radius 3 is 2.44 bits per heavy atom. The van der Waals surface area contributed by atoms with Gasteiger partial charge in [0.2, 0.25) is 0 Å². The largest absolute Gasteiger partial charge is 1.00 e. The van der Waals surface area contributed by atoms with Crippen molar-refractivity contribution in [3.63, 3.8) is 0 Å². The second-order valence-electron chi connectivity index (χ2n) is 5.95. The van der Waals surface area contributed by atoms with E-state index in [0.717, 1.165) is 17.2 Å². The maximum Gasteiger partial charge on any atom is 1.00 e. The number of fused-ring (bicyclic) bond motifs is 1. The molecule has 32 heavy (non-hydrogen) atoms. The molecule has 0 radical (unpaired) electrons. The number of aromatic amines is 1. The number of hydrogen-bond acceptors (Lipinski definition) is 14. The molecule has 3 rings (SSSR count). The van der Waals surface area contributed by atoms with E-state index in [1.807, 2.05) is 0 Å². The number of nitrogens with zero attached hydrogens (tertiary/aromatic N) is 3.